The average Bonchev–Trinajstić information content (AvgIpc) is 3.62. The van der Waals surface area contributed by atoms with Crippen LogP contribution in [0.1, 0.15) is 28.6 Å². The van der Waals surface area contributed by atoms with Gasteiger partial charge in [0.1, 0.15) is 18.1 Å². The van der Waals surface area contributed by atoms with E-state index >= 15 is 0 Å². The molecule has 10 nitrogen and oxygen atoms in total. The van der Waals surface area contributed by atoms with Crippen molar-refractivity contribution in [3.63, 3.8) is 0 Å². The zero-order valence-corrected chi connectivity index (χ0v) is 20.3. The number of hydrazone groups is 1. The summed E-state index contributed by atoms with van der Waals surface area (Å²) in [6, 6.07) is 17.8. The van der Waals surface area contributed by atoms with Gasteiger partial charge in [0.05, 0.1) is 21.9 Å². The summed E-state index contributed by atoms with van der Waals surface area (Å²) in [6.45, 7) is 1.83. The summed E-state index contributed by atoms with van der Waals surface area (Å²) < 4.78 is 11.3. The second-order valence-corrected chi connectivity index (χ2v) is 7.94. The van der Waals surface area contributed by atoms with Crippen LogP contribution in [0, 0.1) is 0 Å². The SMILES string of the molecule is CC1=NN(c2nn[nH]n2)C(=O)/C1=C/c1ccc(-c2ccc(Cl)c(C(=O)OCc3ccccc3)c2)o1.Cl. The Labute approximate surface area is 216 Å². The first-order chi connectivity index (χ1) is 17.0. The highest BCUT2D eigenvalue weighted by atomic mass is 35.5. The molecule has 36 heavy (non-hydrogen) atoms. The van der Waals surface area contributed by atoms with Gasteiger partial charge in [-0.3, -0.25) is 4.79 Å². The zero-order valence-electron chi connectivity index (χ0n) is 18.7. The molecule has 2 aromatic heterocycles. The van der Waals surface area contributed by atoms with Crippen molar-refractivity contribution < 1.29 is 18.7 Å². The summed E-state index contributed by atoms with van der Waals surface area (Å²) in [5, 5.41) is 18.8. The van der Waals surface area contributed by atoms with E-state index in [9.17, 15) is 9.59 Å². The number of rotatable bonds is 6. The van der Waals surface area contributed by atoms with E-state index in [4.69, 9.17) is 20.8 Å². The van der Waals surface area contributed by atoms with Gasteiger partial charge in [-0.1, -0.05) is 47.0 Å². The van der Waals surface area contributed by atoms with Gasteiger partial charge in [0.2, 0.25) is 0 Å². The minimum atomic E-state index is -0.542. The van der Waals surface area contributed by atoms with E-state index in [0.29, 0.717) is 28.4 Å². The number of ether oxygens (including phenoxy) is 1. The Bertz CT molecular complexity index is 1470. The first-order valence-corrected chi connectivity index (χ1v) is 10.8. The first kappa shape index (κ1) is 24.8. The van der Waals surface area contributed by atoms with Gasteiger partial charge in [0, 0.05) is 5.56 Å². The van der Waals surface area contributed by atoms with E-state index in [2.05, 4.69) is 25.7 Å². The van der Waals surface area contributed by atoms with Crippen LogP contribution < -0.4 is 5.01 Å². The van der Waals surface area contributed by atoms with Crippen LogP contribution in [0.5, 0.6) is 0 Å². The molecule has 0 saturated carbocycles. The lowest BCUT2D eigenvalue weighted by molar-refractivity contribution is -0.114. The number of furan rings is 1. The number of benzene rings is 2. The molecular weight excluding hydrogens is 507 g/mol. The van der Waals surface area contributed by atoms with Crippen molar-refractivity contribution in [1.29, 1.82) is 0 Å². The molecule has 1 aliphatic rings. The standard InChI is InChI=1S/C24H17ClN6O4.ClH/c1-14-18(22(32)31(28-14)24-26-29-30-27-24)12-17-8-10-21(35-17)16-7-9-20(25)19(11-16)23(33)34-13-15-5-3-2-4-6-15;/h2-12H,13H2,1H3,(H,26,27,29,30);1H/b18-12+;. The Morgan fingerprint density at radius 1 is 1.17 bits per heavy atom. The molecule has 1 N–H and O–H groups in total. The van der Waals surface area contributed by atoms with Crippen LogP contribution >= 0.6 is 24.0 Å². The maximum Gasteiger partial charge on any atom is 0.340 e. The maximum absolute atomic E-state index is 12.7. The summed E-state index contributed by atoms with van der Waals surface area (Å²) in [6.07, 6.45) is 1.58. The van der Waals surface area contributed by atoms with Crippen molar-refractivity contribution in [1.82, 2.24) is 20.6 Å². The molecule has 4 aromatic rings. The van der Waals surface area contributed by atoms with Crippen LogP contribution in [-0.4, -0.2) is 38.2 Å². The number of H-pyrrole nitrogens is 1. The number of carbonyl (C=O) groups is 2. The van der Waals surface area contributed by atoms with Crippen molar-refractivity contribution in [2.45, 2.75) is 13.5 Å². The molecule has 0 aliphatic carbocycles. The van der Waals surface area contributed by atoms with Gasteiger partial charge < -0.3 is 9.15 Å². The lowest BCUT2D eigenvalue weighted by Gasteiger charge is -2.08. The Morgan fingerprint density at radius 2 is 1.97 bits per heavy atom. The van der Waals surface area contributed by atoms with Crippen LogP contribution in [0.15, 0.2) is 75.8 Å². The van der Waals surface area contributed by atoms with Crippen molar-refractivity contribution in [2.24, 2.45) is 5.10 Å². The van der Waals surface area contributed by atoms with Crippen LogP contribution in [-0.2, 0) is 16.1 Å². The topological polar surface area (TPSA) is 127 Å². The third-order valence-electron chi connectivity index (χ3n) is 5.18. The monoisotopic (exact) mass is 524 g/mol. The molecule has 3 heterocycles. The first-order valence-electron chi connectivity index (χ1n) is 10.5. The quantitative estimate of drug-likeness (QED) is 0.286. The normalized spacial score (nSPS) is 14.1. The molecule has 5 rings (SSSR count). The number of carbonyl (C=O) groups excluding carboxylic acids is 2. The second-order valence-electron chi connectivity index (χ2n) is 7.53. The molecule has 0 unspecified atom stereocenters. The molecule has 182 valence electrons. The van der Waals surface area contributed by atoms with Crippen LogP contribution in [0.25, 0.3) is 17.4 Å². The van der Waals surface area contributed by atoms with E-state index in [1.807, 2.05) is 30.3 Å². The van der Waals surface area contributed by atoms with Crippen LogP contribution in [0.3, 0.4) is 0 Å². The fraction of sp³-hybridized carbons (Fsp3) is 0.0833. The second kappa shape index (κ2) is 10.5. The predicted octanol–water partition coefficient (Wildman–Crippen LogP) is 4.70. The fourth-order valence-electron chi connectivity index (χ4n) is 3.43. The third-order valence-corrected chi connectivity index (χ3v) is 5.51. The number of esters is 1. The van der Waals surface area contributed by atoms with Gasteiger partial charge in [-0.2, -0.15) is 15.3 Å². The van der Waals surface area contributed by atoms with E-state index < -0.39 is 11.9 Å². The van der Waals surface area contributed by atoms with Crippen molar-refractivity contribution in [3.05, 3.63) is 88.1 Å². The molecule has 12 heteroatoms. The molecule has 2 aromatic carbocycles. The summed E-state index contributed by atoms with van der Waals surface area (Å²) in [5.41, 5.74) is 2.53. The van der Waals surface area contributed by atoms with Crippen LogP contribution in [0.4, 0.5) is 5.95 Å². The lowest BCUT2D eigenvalue weighted by atomic mass is 10.1. The zero-order chi connectivity index (χ0) is 24.4. The highest BCUT2D eigenvalue weighted by molar-refractivity contribution is 6.33. The highest BCUT2D eigenvalue weighted by Crippen LogP contribution is 2.29. The number of tetrazole rings is 1. The van der Waals surface area contributed by atoms with Gasteiger partial charge in [-0.05, 0) is 54.1 Å². The summed E-state index contributed by atoms with van der Waals surface area (Å²) in [7, 11) is 0. The molecule has 0 atom stereocenters. The maximum atomic E-state index is 12.7. The number of aromatic nitrogens is 4. The van der Waals surface area contributed by atoms with Crippen LogP contribution in [0.2, 0.25) is 5.02 Å². The number of anilines is 1. The molecule has 0 spiro atoms. The van der Waals surface area contributed by atoms with E-state index in [0.717, 1.165) is 10.6 Å². The largest absolute Gasteiger partial charge is 0.457 e. The lowest BCUT2D eigenvalue weighted by Crippen LogP contribution is -2.22. The van der Waals surface area contributed by atoms with Gasteiger partial charge in [-0.15, -0.1) is 17.5 Å². The highest BCUT2D eigenvalue weighted by Gasteiger charge is 2.31. The van der Waals surface area contributed by atoms with Gasteiger partial charge in [0.25, 0.3) is 11.9 Å². The number of halogens is 2. The number of hydrogen-bond donors (Lipinski definition) is 1. The molecular formula is C24H18Cl2N6O4. The summed E-state index contributed by atoms with van der Waals surface area (Å²) >= 11 is 6.25. The molecule has 0 bridgehead atoms. The van der Waals surface area contributed by atoms with E-state index in [1.165, 1.54) is 0 Å². The molecule has 1 aliphatic heterocycles. The predicted molar refractivity (Wildman–Crippen MR) is 135 cm³/mol. The fourth-order valence-corrected chi connectivity index (χ4v) is 3.62. The minimum Gasteiger partial charge on any atom is -0.457 e. The number of nitrogens with one attached hydrogen (secondary N) is 1. The molecule has 0 radical (unpaired) electrons. The van der Waals surface area contributed by atoms with Gasteiger partial charge in [0.15, 0.2) is 0 Å². The molecule has 0 fully saturated rings. The smallest absolute Gasteiger partial charge is 0.340 e. The summed E-state index contributed by atoms with van der Waals surface area (Å²) in [5.74, 6) is 0.0127. The number of amides is 1. The minimum absolute atomic E-state index is 0. The Kier molecular flexibility index (Phi) is 7.28. The molecule has 0 saturated heterocycles. The van der Waals surface area contributed by atoms with Gasteiger partial charge in [-0.25, -0.2) is 4.79 Å². The van der Waals surface area contributed by atoms with Crippen molar-refractivity contribution in [2.75, 3.05) is 5.01 Å². The van der Waals surface area contributed by atoms with Crippen molar-refractivity contribution in [3.8, 4) is 11.3 Å². The third kappa shape index (κ3) is 5.04. The van der Waals surface area contributed by atoms with Crippen molar-refractivity contribution >= 4 is 53.6 Å². The van der Waals surface area contributed by atoms with E-state index in [1.54, 1.807) is 43.3 Å². The molecule has 1 amide bonds. The Morgan fingerprint density at radius 3 is 2.72 bits per heavy atom. The Hall–Kier alpha value is -4.28. The summed E-state index contributed by atoms with van der Waals surface area (Å²) in [4.78, 5) is 25.4. The van der Waals surface area contributed by atoms with Gasteiger partial charge >= 0.3 is 5.97 Å². The Balaban J connectivity index is 0.00000304. The average molecular weight is 525 g/mol. The number of nitrogens with zero attached hydrogens (tertiary/aromatic N) is 5. The number of hydrogen-bond acceptors (Lipinski definition) is 8. The number of aromatic amines is 1. The van der Waals surface area contributed by atoms with E-state index in [-0.39, 0.29) is 35.5 Å².